The van der Waals surface area contributed by atoms with Crippen LogP contribution in [0.5, 0.6) is 0 Å². The lowest BCUT2D eigenvalue weighted by atomic mass is 10.1. The van der Waals surface area contributed by atoms with Crippen LogP contribution in [-0.4, -0.2) is 33.6 Å². The third-order valence-corrected chi connectivity index (χ3v) is 4.11. The van der Waals surface area contributed by atoms with Crippen LogP contribution in [0.3, 0.4) is 0 Å². The van der Waals surface area contributed by atoms with Crippen molar-refractivity contribution in [2.75, 3.05) is 5.32 Å². The molecule has 1 aromatic heterocycles. The molecule has 0 aromatic carbocycles. The van der Waals surface area contributed by atoms with E-state index in [1.807, 2.05) is 0 Å². The maximum atomic E-state index is 12.0. The number of hydrogen-bond donors (Lipinski definition) is 3. The van der Waals surface area contributed by atoms with E-state index in [4.69, 9.17) is 9.94 Å². The zero-order valence-electron chi connectivity index (χ0n) is 15.5. The summed E-state index contributed by atoms with van der Waals surface area (Å²) >= 11 is 1.32. The van der Waals surface area contributed by atoms with Gasteiger partial charge in [-0.15, -0.1) is 11.3 Å². The first-order chi connectivity index (χ1) is 12.2. The summed E-state index contributed by atoms with van der Waals surface area (Å²) in [5, 5.41) is 13.3. The van der Waals surface area contributed by atoms with Crippen LogP contribution in [0.1, 0.15) is 64.3 Å². The molecule has 0 saturated carbocycles. The maximum Gasteiger partial charge on any atom is 0.413 e. The third-order valence-electron chi connectivity index (χ3n) is 3.26. The number of nitrogens with zero attached hydrogens (tertiary/aromatic N) is 1. The molecular formula is C17H27N3O5S. The van der Waals surface area contributed by atoms with Gasteiger partial charge in [0.1, 0.15) is 22.2 Å². The molecule has 3 N–H and O–H groups in total. The summed E-state index contributed by atoms with van der Waals surface area (Å²) in [7, 11) is 0. The molecule has 0 saturated heterocycles. The minimum Gasteiger partial charge on any atom is -0.444 e. The molecule has 26 heavy (non-hydrogen) atoms. The molecule has 0 fully saturated rings. The summed E-state index contributed by atoms with van der Waals surface area (Å²) < 4.78 is 5.15. The zero-order chi connectivity index (χ0) is 19.6. The Morgan fingerprint density at radius 2 is 1.81 bits per heavy atom. The molecule has 1 heterocycles. The number of hydrogen-bond acceptors (Lipinski definition) is 7. The number of amides is 2. The summed E-state index contributed by atoms with van der Waals surface area (Å²) in [5.41, 5.74) is 1.01. The zero-order valence-corrected chi connectivity index (χ0v) is 16.3. The number of ketones is 1. The molecule has 0 aliphatic carbocycles. The van der Waals surface area contributed by atoms with Crippen LogP contribution in [0.25, 0.3) is 0 Å². The van der Waals surface area contributed by atoms with Crippen molar-refractivity contribution in [3.8, 4) is 0 Å². The van der Waals surface area contributed by atoms with Crippen molar-refractivity contribution in [2.45, 2.75) is 71.3 Å². The van der Waals surface area contributed by atoms with E-state index < -0.39 is 11.7 Å². The first-order valence-electron chi connectivity index (χ1n) is 8.58. The van der Waals surface area contributed by atoms with Gasteiger partial charge in [0.15, 0.2) is 0 Å². The van der Waals surface area contributed by atoms with Crippen molar-refractivity contribution < 1.29 is 24.3 Å². The second-order valence-corrected chi connectivity index (χ2v) is 7.86. The van der Waals surface area contributed by atoms with Crippen LogP contribution in [0.4, 0.5) is 10.6 Å². The van der Waals surface area contributed by atoms with E-state index in [1.165, 1.54) is 11.3 Å². The molecule has 0 aliphatic rings. The lowest BCUT2D eigenvalue weighted by Crippen LogP contribution is -2.27. The van der Waals surface area contributed by atoms with E-state index >= 15 is 0 Å². The Morgan fingerprint density at radius 1 is 1.15 bits per heavy atom. The molecule has 9 heteroatoms. The second-order valence-electron chi connectivity index (χ2n) is 6.92. The third kappa shape index (κ3) is 10.1. The highest BCUT2D eigenvalue weighted by Crippen LogP contribution is 2.17. The smallest absolute Gasteiger partial charge is 0.413 e. The molecule has 1 aromatic rings. The van der Waals surface area contributed by atoms with Crippen molar-refractivity contribution in [1.82, 2.24) is 10.5 Å². The number of aromatic nitrogens is 1. The average molecular weight is 385 g/mol. The highest BCUT2D eigenvalue weighted by atomic mass is 32.1. The molecule has 0 unspecified atom stereocenters. The minimum absolute atomic E-state index is 0.0938. The van der Waals surface area contributed by atoms with Crippen LogP contribution in [0, 0.1) is 0 Å². The molecule has 1 rings (SSSR count). The van der Waals surface area contributed by atoms with Crippen molar-refractivity contribution in [3.63, 3.8) is 0 Å². The number of thiazole rings is 1. The quantitative estimate of drug-likeness (QED) is 0.322. The predicted octanol–water partition coefficient (Wildman–Crippen LogP) is 3.45. The van der Waals surface area contributed by atoms with Gasteiger partial charge < -0.3 is 4.74 Å². The maximum absolute atomic E-state index is 12.0. The topological polar surface area (TPSA) is 118 Å². The molecular weight excluding hydrogens is 358 g/mol. The Bertz CT molecular complexity index is 610. The van der Waals surface area contributed by atoms with Gasteiger partial charge in [0.2, 0.25) is 5.91 Å². The normalized spacial score (nSPS) is 11.1. The summed E-state index contributed by atoms with van der Waals surface area (Å²) in [6.07, 6.45) is 3.55. The van der Waals surface area contributed by atoms with Crippen molar-refractivity contribution in [1.29, 1.82) is 0 Å². The second kappa shape index (κ2) is 10.9. The molecule has 0 spiro atoms. The van der Waals surface area contributed by atoms with E-state index in [0.717, 1.165) is 19.3 Å². The number of hydroxylamine groups is 1. The fourth-order valence-electron chi connectivity index (χ4n) is 2.13. The highest BCUT2D eigenvalue weighted by molar-refractivity contribution is 7.10. The van der Waals surface area contributed by atoms with Gasteiger partial charge in [0, 0.05) is 18.2 Å². The first kappa shape index (κ1) is 22.0. The van der Waals surface area contributed by atoms with Gasteiger partial charge in [-0.3, -0.25) is 20.1 Å². The number of rotatable bonds is 10. The number of ether oxygens (including phenoxy) is 1. The van der Waals surface area contributed by atoms with Gasteiger partial charge in [0.05, 0.1) is 6.42 Å². The van der Waals surface area contributed by atoms with Crippen LogP contribution < -0.4 is 10.8 Å². The van der Waals surface area contributed by atoms with Gasteiger partial charge in [0.25, 0.3) is 0 Å². The van der Waals surface area contributed by atoms with E-state index in [-0.39, 0.29) is 24.5 Å². The predicted molar refractivity (Wildman–Crippen MR) is 98.3 cm³/mol. The molecule has 146 valence electrons. The molecule has 8 nitrogen and oxygen atoms in total. The Labute approximate surface area is 157 Å². The average Bonchev–Trinajstić information content (AvgIpc) is 2.95. The van der Waals surface area contributed by atoms with Crippen LogP contribution in [-0.2, 0) is 20.7 Å². The summed E-state index contributed by atoms with van der Waals surface area (Å²) in [5.74, 6) is 0.0890. The molecule has 2 amide bonds. The number of nitrogens with one attached hydrogen (secondary N) is 2. The molecule has 0 aliphatic heterocycles. The van der Waals surface area contributed by atoms with E-state index in [2.05, 4.69) is 10.3 Å². The van der Waals surface area contributed by atoms with Gasteiger partial charge in [-0.05, 0) is 33.6 Å². The Balaban J connectivity index is 2.24. The number of anilines is 1. The Kier molecular flexibility index (Phi) is 9.22. The number of unbranched alkanes of at least 4 members (excludes halogenated alkanes) is 3. The van der Waals surface area contributed by atoms with Gasteiger partial charge in [-0.2, -0.15) is 0 Å². The lowest BCUT2D eigenvalue weighted by Gasteiger charge is -2.19. The SMILES string of the molecule is CC(C)(C)OC(=O)Nc1csc(CC(=O)CCCCCCC(=O)NO)n1. The molecule has 0 atom stereocenters. The van der Waals surface area contributed by atoms with Crippen LogP contribution >= 0.6 is 11.3 Å². The fraction of sp³-hybridized carbons (Fsp3) is 0.647. The summed E-state index contributed by atoms with van der Waals surface area (Å²) in [4.78, 5) is 38.7. The first-order valence-corrected chi connectivity index (χ1v) is 9.46. The molecule has 0 radical (unpaired) electrons. The standard InChI is InChI=1S/C17H27N3O5S/c1-17(2,3)25-16(23)19-13-11-26-15(18-13)10-12(21)8-6-4-5-7-9-14(22)20-24/h11,24H,4-10H2,1-3H3,(H,19,23)(H,20,22). The van der Waals surface area contributed by atoms with E-state index in [1.54, 1.807) is 31.6 Å². The van der Waals surface area contributed by atoms with Gasteiger partial charge >= 0.3 is 6.09 Å². The van der Waals surface area contributed by atoms with Gasteiger partial charge in [-0.1, -0.05) is 12.8 Å². The van der Waals surface area contributed by atoms with Crippen molar-refractivity contribution in [3.05, 3.63) is 10.4 Å². The number of carbonyl (C=O) groups excluding carboxylic acids is 3. The largest absolute Gasteiger partial charge is 0.444 e. The Hall–Kier alpha value is -2.00. The van der Waals surface area contributed by atoms with E-state index in [9.17, 15) is 14.4 Å². The van der Waals surface area contributed by atoms with Crippen LogP contribution in [0.15, 0.2) is 5.38 Å². The number of Topliss-reactive ketones (excluding diaryl/α,β-unsaturated/α-hetero) is 1. The van der Waals surface area contributed by atoms with Crippen molar-refractivity contribution in [2.24, 2.45) is 0 Å². The van der Waals surface area contributed by atoms with Crippen molar-refractivity contribution >= 4 is 34.9 Å². The summed E-state index contributed by atoms with van der Waals surface area (Å²) in [6.45, 7) is 5.33. The monoisotopic (exact) mass is 385 g/mol. The van der Waals surface area contributed by atoms with Crippen LogP contribution in [0.2, 0.25) is 0 Å². The summed E-state index contributed by atoms with van der Waals surface area (Å²) in [6, 6.07) is 0. The molecule has 0 bridgehead atoms. The van der Waals surface area contributed by atoms with Gasteiger partial charge in [-0.25, -0.2) is 15.3 Å². The highest BCUT2D eigenvalue weighted by Gasteiger charge is 2.17. The minimum atomic E-state index is -0.583. The fourth-order valence-corrected chi connectivity index (χ4v) is 2.89. The van der Waals surface area contributed by atoms with E-state index in [0.29, 0.717) is 23.7 Å². The number of carbonyl (C=O) groups is 3. The lowest BCUT2D eigenvalue weighted by molar-refractivity contribution is -0.129. The Morgan fingerprint density at radius 3 is 2.42 bits per heavy atom.